The molecule has 4 rings (SSSR count). The zero-order valence-electron chi connectivity index (χ0n) is 20.9. The van der Waals surface area contributed by atoms with Crippen LogP contribution in [0.2, 0.25) is 0 Å². The maximum Gasteiger partial charge on any atom is 0.396 e. The van der Waals surface area contributed by atoms with E-state index in [1.807, 2.05) is 36.7 Å². The molecule has 0 aliphatic heterocycles. The number of alkyl halides is 3. The summed E-state index contributed by atoms with van der Waals surface area (Å²) >= 11 is 0. The van der Waals surface area contributed by atoms with Gasteiger partial charge in [-0.25, -0.2) is 4.98 Å². The molecule has 2 aromatic heterocycles. The monoisotopic (exact) mass is 500 g/mol. The van der Waals surface area contributed by atoms with Crippen LogP contribution in [0.5, 0.6) is 0 Å². The van der Waals surface area contributed by atoms with E-state index in [9.17, 15) is 22.8 Å². The van der Waals surface area contributed by atoms with Crippen LogP contribution in [-0.4, -0.2) is 34.2 Å². The second kappa shape index (κ2) is 10.2. The fourth-order valence-corrected chi connectivity index (χ4v) is 5.36. The highest BCUT2D eigenvalue weighted by molar-refractivity contribution is 5.92. The smallest absolute Gasteiger partial charge is 0.377 e. The van der Waals surface area contributed by atoms with Crippen molar-refractivity contribution < 1.29 is 27.5 Å². The van der Waals surface area contributed by atoms with Crippen molar-refractivity contribution in [1.29, 1.82) is 0 Å². The Balaban J connectivity index is 1.61. The van der Waals surface area contributed by atoms with Gasteiger partial charge in [0.25, 0.3) is 0 Å². The summed E-state index contributed by atoms with van der Waals surface area (Å²) in [5.41, 5.74) is 4.50. The van der Waals surface area contributed by atoms with Gasteiger partial charge < -0.3 is 9.14 Å². The summed E-state index contributed by atoms with van der Waals surface area (Å²) in [6, 6.07) is 8.29. The van der Waals surface area contributed by atoms with E-state index in [2.05, 4.69) is 4.98 Å². The van der Waals surface area contributed by atoms with Crippen LogP contribution in [0.3, 0.4) is 0 Å². The summed E-state index contributed by atoms with van der Waals surface area (Å²) in [6.45, 7) is 5.19. The zero-order valence-corrected chi connectivity index (χ0v) is 20.9. The summed E-state index contributed by atoms with van der Waals surface area (Å²) in [5, 5.41) is 0. The lowest BCUT2D eigenvalue weighted by Crippen LogP contribution is -2.34. The third-order valence-electron chi connectivity index (χ3n) is 7.32. The largest absolute Gasteiger partial charge is 0.396 e. The Labute approximate surface area is 208 Å². The van der Waals surface area contributed by atoms with E-state index in [4.69, 9.17) is 4.74 Å². The standard InChI is InChI=1S/C28H31F3N2O3/c1-16-15-33-12-11-21(24(18(3)36-4)27(33)32-16)13-19-5-7-20(8-6-19)25(28(29,30)31)17(2)26(35)22-9-10-23(34)14-22/h5-8,11-12,15,17-18,22,25H,9-10,13-14H2,1-4H3/t17?,18-,22+,25-/m0/s1. The normalized spacial score (nSPS) is 19.0. The van der Waals surface area contributed by atoms with E-state index in [0.717, 1.165) is 28.0 Å². The molecule has 3 aromatic rings. The molecule has 5 nitrogen and oxygen atoms in total. The van der Waals surface area contributed by atoms with Crippen LogP contribution in [0, 0.1) is 18.8 Å². The number of imidazole rings is 1. The van der Waals surface area contributed by atoms with Gasteiger partial charge in [0.05, 0.1) is 17.7 Å². The average molecular weight is 501 g/mol. The Bertz CT molecular complexity index is 1260. The van der Waals surface area contributed by atoms with Gasteiger partial charge in [0.2, 0.25) is 0 Å². The molecule has 36 heavy (non-hydrogen) atoms. The van der Waals surface area contributed by atoms with E-state index in [1.54, 1.807) is 19.2 Å². The Kier molecular flexibility index (Phi) is 7.36. The number of ketones is 2. The number of aryl methyl sites for hydroxylation is 1. The van der Waals surface area contributed by atoms with Crippen LogP contribution in [0.25, 0.3) is 5.65 Å². The van der Waals surface area contributed by atoms with Gasteiger partial charge in [-0.2, -0.15) is 13.2 Å². The minimum absolute atomic E-state index is 0.0509. The number of hydrogen-bond acceptors (Lipinski definition) is 4. The molecule has 1 fully saturated rings. The first-order valence-electron chi connectivity index (χ1n) is 12.2. The molecular formula is C28H31F3N2O3. The maximum absolute atomic E-state index is 14.1. The fraction of sp³-hybridized carbons (Fsp3) is 0.464. The van der Waals surface area contributed by atoms with Crippen molar-refractivity contribution in [3.8, 4) is 0 Å². The first kappa shape index (κ1) is 26.1. The number of fused-ring (bicyclic) bond motifs is 1. The molecule has 0 radical (unpaired) electrons. The molecule has 1 aliphatic carbocycles. The van der Waals surface area contributed by atoms with Gasteiger partial charge in [-0.15, -0.1) is 0 Å². The van der Waals surface area contributed by atoms with Gasteiger partial charge in [-0.1, -0.05) is 31.2 Å². The highest BCUT2D eigenvalue weighted by atomic mass is 19.4. The summed E-state index contributed by atoms with van der Waals surface area (Å²) in [4.78, 5) is 29.0. The van der Waals surface area contributed by atoms with E-state index in [1.165, 1.54) is 19.1 Å². The molecular weight excluding hydrogens is 469 g/mol. The highest BCUT2D eigenvalue weighted by Gasteiger charge is 2.48. The lowest BCUT2D eigenvalue weighted by Gasteiger charge is -2.27. The van der Waals surface area contributed by atoms with Gasteiger partial charge in [0, 0.05) is 49.7 Å². The van der Waals surface area contributed by atoms with E-state index in [0.29, 0.717) is 12.8 Å². The molecule has 1 aliphatic rings. The van der Waals surface area contributed by atoms with Crippen LogP contribution in [0.1, 0.15) is 73.1 Å². The van der Waals surface area contributed by atoms with Gasteiger partial charge in [-0.05, 0) is 49.4 Å². The van der Waals surface area contributed by atoms with E-state index in [-0.39, 0.29) is 30.3 Å². The molecule has 192 valence electrons. The van der Waals surface area contributed by atoms with Gasteiger partial charge in [-0.3, -0.25) is 9.59 Å². The SMILES string of the molecule is CO[C@@H](C)c1c(Cc2ccc([C@H](C(C)C(=O)[C@@H]3CCC(=O)C3)C(F)(F)F)cc2)ccn2cc(C)nc12. The van der Waals surface area contributed by atoms with Gasteiger partial charge in [0.1, 0.15) is 17.2 Å². The lowest BCUT2D eigenvalue weighted by atomic mass is 9.79. The molecule has 0 spiro atoms. The number of carbonyl (C=O) groups is 2. The molecule has 4 atom stereocenters. The molecule has 8 heteroatoms. The van der Waals surface area contributed by atoms with Crippen molar-refractivity contribution in [2.75, 3.05) is 7.11 Å². The number of rotatable bonds is 8. The molecule has 1 unspecified atom stereocenters. The number of methoxy groups -OCH3 is 1. The number of nitrogens with zero attached hydrogens (tertiary/aromatic N) is 2. The summed E-state index contributed by atoms with van der Waals surface area (Å²) < 4.78 is 49.9. The van der Waals surface area contributed by atoms with Crippen molar-refractivity contribution in [3.05, 3.63) is 70.7 Å². The molecule has 0 saturated heterocycles. The number of carbonyl (C=O) groups excluding carboxylic acids is 2. The zero-order chi connectivity index (χ0) is 26.2. The molecule has 0 amide bonds. The number of aromatic nitrogens is 2. The highest BCUT2D eigenvalue weighted by Crippen LogP contribution is 2.43. The van der Waals surface area contributed by atoms with Crippen molar-refractivity contribution in [1.82, 2.24) is 9.38 Å². The quantitative estimate of drug-likeness (QED) is 0.372. The third kappa shape index (κ3) is 5.24. The molecule has 1 saturated carbocycles. The molecule has 1 aromatic carbocycles. The summed E-state index contributed by atoms with van der Waals surface area (Å²) in [5.74, 6) is -4.32. The van der Waals surface area contributed by atoms with E-state index >= 15 is 0 Å². The van der Waals surface area contributed by atoms with Crippen molar-refractivity contribution in [2.45, 2.75) is 64.7 Å². The topological polar surface area (TPSA) is 60.7 Å². The number of pyridine rings is 1. The van der Waals surface area contributed by atoms with Crippen molar-refractivity contribution in [2.24, 2.45) is 11.8 Å². The number of ether oxygens (including phenoxy) is 1. The summed E-state index contributed by atoms with van der Waals surface area (Å²) in [6.07, 6.45) is 0.220. The predicted octanol–water partition coefficient (Wildman–Crippen LogP) is 6.16. The van der Waals surface area contributed by atoms with Gasteiger partial charge >= 0.3 is 6.18 Å². The number of benzene rings is 1. The lowest BCUT2D eigenvalue weighted by molar-refractivity contribution is -0.167. The van der Waals surface area contributed by atoms with Crippen molar-refractivity contribution >= 4 is 17.2 Å². The third-order valence-corrected chi connectivity index (χ3v) is 7.32. The van der Waals surface area contributed by atoms with Crippen molar-refractivity contribution in [3.63, 3.8) is 0 Å². The van der Waals surface area contributed by atoms with Crippen LogP contribution in [0.4, 0.5) is 13.2 Å². The Hall–Kier alpha value is -3.00. The van der Waals surface area contributed by atoms with Crippen LogP contribution in [-0.2, 0) is 20.7 Å². The second-order valence-corrected chi connectivity index (χ2v) is 9.85. The van der Waals surface area contributed by atoms with Crippen LogP contribution < -0.4 is 0 Å². The molecule has 0 N–H and O–H groups in total. The first-order chi connectivity index (χ1) is 17.0. The fourth-order valence-electron chi connectivity index (χ4n) is 5.36. The number of hydrogen-bond donors (Lipinski definition) is 0. The minimum atomic E-state index is -4.58. The second-order valence-electron chi connectivity index (χ2n) is 9.85. The number of halogens is 3. The minimum Gasteiger partial charge on any atom is -0.377 e. The van der Waals surface area contributed by atoms with Gasteiger partial charge in [0.15, 0.2) is 0 Å². The van der Waals surface area contributed by atoms with E-state index < -0.39 is 29.7 Å². The average Bonchev–Trinajstić information content (AvgIpc) is 3.42. The van der Waals surface area contributed by atoms with Crippen LogP contribution in [0.15, 0.2) is 42.7 Å². The predicted molar refractivity (Wildman–Crippen MR) is 130 cm³/mol. The Morgan fingerprint density at radius 1 is 1.19 bits per heavy atom. The molecule has 0 bridgehead atoms. The Morgan fingerprint density at radius 2 is 1.89 bits per heavy atom. The Morgan fingerprint density at radius 3 is 2.47 bits per heavy atom. The summed E-state index contributed by atoms with van der Waals surface area (Å²) in [7, 11) is 1.63. The molecule has 2 heterocycles. The first-order valence-corrected chi connectivity index (χ1v) is 12.2. The number of Topliss-reactive ketones (excluding diaryl/α,β-unsaturated/α-hetero) is 2. The van der Waals surface area contributed by atoms with Crippen LogP contribution >= 0.6 is 0 Å². The maximum atomic E-state index is 14.1.